The minimum atomic E-state index is -2.92. The molecule has 11 heteroatoms. The molecule has 2 N–H and O–H groups in total. The number of benzene rings is 2. The number of alkyl halides is 2. The predicted octanol–water partition coefficient (Wildman–Crippen LogP) is 4.39. The molecule has 4 aromatic rings. The van der Waals surface area contributed by atoms with Gasteiger partial charge in [-0.05, 0) is 41.6 Å². The molecule has 0 fully saturated rings. The topological polar surface area (TPSA) is 78.2 Å². The van der Waals surface area contributed by atoms with E-state index in [-0.39, 0.29) is 35.2 Å². The highest BCUT2D eigenvalue weighted by Crippen LogP contribution is 2.34. The summed E-state index contributed by atoms with van der Waals surface area (Å²) in [6, 6.07) is 4.65. The number of ether oxygens (including phenoxy) is 1. The lowest BCUT2D eigenvalue weighted by molar-refractivity contribution is 0.0333. The number of carbonyl (C=O) groups excluding carboxylic acids is 1. The van der Waals surface area contributed by atoms with Gasteiger partial charge in [0.25, 0.3) is 17.9 Å². The molecule has 0 aliphatic carbocycles. The third-order valence-electron chi connectivity index (χ3n) is 6.08. The summed E-state index contributed by atoms with van der Waals surface area (Å²) in [5.41, 5.74) is 0.233. The molecule has 0 radical (unpaired) electrons. The lowest BCUT2D eigenvalue weighted by Crippen LogP contribution is -2.37. The number of likely N-dealkylation sites (N-methyl/N-ethyl adjacent to an activating group) is 1. The molecule has 1 amide bonds. The van der Waals surface area contributed by atoms with E-state index < -0.39 is 41.4 Å². The second kappa shape index (κ2) is 8.80. The number of hydrogen-bond donors (Lipinski definition) is 2. The summed E-state index contributed by atoms with van der Waals surface area (Å²) in [4.78, 5) is 32.5. The first kappa shape index (κ1) is 23.6. The second-order valence-electron chi connectivity index (χ2n) is 8.28. The van der Waals surface area contributed by atoms with Gasteiger partial charge < -0.3 is 19.6 Å². The van der Waals surface area contributed by atoms with Crippen LogP contribution in [-0.4, -0.2) is 40.9 Å². The van der Waals surface area contributed by atoms with Crippen LogP contribution in [0.5, 0.6) is 0 Å². The number of rotatable bonds is 2. The van der Waals surface area contributed by atoms with Crippen LogP contribution in [0, 0.1) is 29.3 Å². The molecule has 0 bridgehead atoms. The number of hydrogen-bond acceptors (Lipinski definition) is 3. The molecule has 2 aromatic heterocycles. The number of nitrogens with one attached hydrogen (secondary N) is 2. The van der Waals surface area contributed by atoms with Gasteiger partial charge in [0.1, 0.15) is 11.5 Å². The number of fused-ring (bicyclic) bond motifs is 4. The predicted molar refractivity (Wildman–Crippen MR) is 120 cm³/mol. The molecule has 1 aliphatic rings. The zero-order chi connectivity index (χ0) is 25.7. The summed E-state index contributed by atoms with van der Waals surface area (Å²) in [5.74, 6) is -0.0250. The smallest absolute Gasteiger partial charge is 0.299 e. The van der Waals surface area contributed by atoms with E-state index in [0.29, 0.717) is 22.2 Å². The molecule has 36 heavy (non-hydrogen) atoms. The molecular weight excluding hydrogens is 485 g/mol. The maximum Gasteiger partial charge on any atom is 0.299 e. The number of aromatic amines is 2. The van der Waals surface area contributed by atoms with Crippen LogP contribution in [0.25, 0.3) is 21.7 Å². The van der Waals surface area contributed by atoms with Gasteiger partial charge in [-0.3, -0.25) is 9.59 Å². The molecule has 0 spiro atoms. The van der Waals surface area contributed by atoms with Gasteiger partial charge in [-0.1, -0.05) is 5.92 Å². The normalized spacial score (nSPS) is 15.1. The summed E-state index contributed by atoms with van der Waals surface area (Å²) >= 11 is 0. The molecule has 184 valence electrons. The van der Waals surface area contributed by atoms with E-state index in [1.165, 1.54) is 24.1 Å². The summed E-state index contributed by atoms with van der Waals surface area (Å²) in [5, 5.41) is 0.403. The SMILES string of the molecule is CN(C(=O)c1cc2cc(F)c(C#CC(F)F)cc2[nH]1)[C@@H]1COCc2[nH]c(=O)c3cc(F)c(F)cc3c21. The van der Waals surface area contributed by atoms with Crippen molar-refractivity contribution in [2.75, 3.05) is 13.7 Å². The number of nitrogens with zero attached hydrogens (tertiary/aromatic N) is 1. The van der Waals surface area contributed by atoms with Crippen LogP contribution in [0.1, 0.15) is 33.4 Å². The second-order valence-corrected chi connectivity index (χ2v) is 8.28. The Morgan fingerprint density at radius 2 is 1.78 bits per heavy atom. The molecule has 0 unspecified atom stereocenters. The van der Waals surface area contributed by atoms with Gasteiger partial charge in [0.05, 0.1) is 30.2 Å². The van der Waals surface area contributed by atoms with Crippen molar-refractivity contribution in [3.8, 4) is 11.8 Å². The fourth-order valence-electron chi connectivity index (χ4n) is 4.38. The average molecular weight is 501 g/mol. The van der Waals surface area contributed by atoms with Gasteiger partial charge in [0, 0.05) is 29.2 Å². The maximum atomic E-state index is 14.3. The minimum Gasteiger partial charge on any atom is -0.373 e. The van der Waals surface area contributed by atoms with Crippen LogP contribution < -0.4 is 5.56 Å². The monoisotopic (exact) mass is 501 g/mol. The first-order chi connectivity index (χ1) is 17.1. The van der Waals surface area contributed by atoms with E-state index in [4.69, 9.17) is 4.74 Å². The fraction of sp³-hybridized carbons (Fsp3) is 0.200. The number of amides is 1. The Morgan fingerprint density at radius 3 is 2.50 bits per heavy atom. The fourth-order valence-corrected chi connectivity index (χ4v) is 4.38. The summed E-state index contributed by atoms with van der Waals surface area (Å²) in [6.45, 7) is 0.0176. The van der Waals surface area contributed by atoms with Crippen molar-refractivity contribution in [1.29, 1.82) is 0 Å². The van der Waals surface area contributed by atoms with E-state index >= 15 is 0 Å². The van der Waals surface area contributed by atoms with Crippen LogP contribution in [0.15, 0.2) is 35.1 Å². The lowest BCUT2D eigenvalue weighted by Gasteiger charge is -2.33. The first-order valence-electron chi connectivity index (χ1n) is 10.6. The quantitative estimate of drug-likeness (QED) is 0.316. The Hall–Kier alpha value is -4.17. The molecule has 0 saturated heterocycles. The first-order valence-corrected chi connectivity index (χ1v) is 10.6. The maximum absolute atomic E-state index is 14.3. The Morgan fingerprint density at radius 1 is 1.06 bits per heavy atom. The number of H-pyrrole nitrogens is 2. The van der Waals surface area contributed by atoms with Crippen LogP contribution in [0.3, 0.4) is 0 Å². The van der Waals surface area contributed by atoms with Gasteiger partial charge in [-0.15, -0.1) is 0 Å². The lowest BCUT2D eigenvalue weighted by atomic mass is 9.95. The van der Waals surface area contributed by atoms with E-state index in [1.807, 2.05) is 0 Å². The Kier molecular flexibility index (Phi) is 5.76. The standard InChI is InChI=1S/C25H16F5N3O3/c1-33(25(35)19-6-12-4-15(26)11(2-3-22(29)30)5-18(12)31-19)21-10-36-9-20-23(21)13-7-16(27)17(28)8-14(13)24(34)32-20/h4-8,21-22,31H,9-10H2,1H3,(H,32,34)/t21-/m1/s1. The molecule has 3 heterocycles. The van der Waals surface area contributed by atoms with Gasteiger partial charge in [-0.25, -0.2) is 13.2 Å². The molecule has 6 nitrogen and oxygen atoms in total. The summed E-state index contributed by atoms with van der Waals surface area (Å²) < 4.78 is 72.5. The third-order valence-corrected chi connectivity index (χ3v) is 6.08. The van der Waals surface area contributed by atoms with E-state index in [9.17, 15) is 31.5 Å². The zero-order valence-corrected chi connectivity index (χ0v) is 18.5. The van der Waals surface area contributed by atoms with Crippen LogP contribution in [-0.2, 0) is 11.3 Å². The van der Waals surface area contributed by atoms with Crippen molar-refractivity contribution >= 4 is 27.6 Å². The molecular formula is C25H16F5N3O3. The van der Waals surface area contributed by atoms with Crippen molar-refractivity contribution in [2.45, 2.75) is 19.1 Å². The average Bonchev–Trinajstić information content (AvgIpc) is 3.25. The molecule has 0 saturated carbocycles. The Balaban J connectivity index is 1.55. The van der Waals surface area contributed by atoms with Crippen LogP contribution in [0.2, 0.25) is 0 Å². The van der Waals surface area contributed by atoms with E-state index in [1.54, 1.807) is 5.92 Å². The van der Waals surface area contributed by atoms with Crippen molar-refractivity contribution in [1.82, 2.24) is 14.9 Å². The van der Waals surface area contributed by atoms with Crippen molar-refractivity contribution in [3.63, 3.8) is 0 Å². The van der Waals surface area contributed by atoms with Crippen molar-refractivity contribution in [3.05, 3.63) is 80.7 Å². The van der Waals surface area contributed by atoms with Gasteiger partial charge in [0.15, 0.2) is 11.6 Å². The largest absolute Gasteiger partial charge is 0.373 e. The summed E-state index contributed by atoms with van der Waals surface area (Å²) in [6.07, 6.45) is -2.92. The number of aromatic nitrogens is 2. The molecule has 5 rings (SSSR count). The van der Waals surface area contributed by atoms with Crippen LogP contribution >= 0.6 is 0 Å². The Bertz CT molecular complexity index is 1670. The Labute approximate surface area is 199 Å². The molecule has 1 aliphatic heterocycles. The highest BCUT2D eigenvalue weighted by atomic mass is 19.3. The van der Waals surface area contributed by atoms with Gasteiger partial charge in [0.2, 0.25) is 0 Å². The van der Waals surface area contributed by atoms with E-state index in [2.05, 4.69) is 15.9 Å². The van der Waals surface area contributed by atoms with Gasteiger partial charge >= 0.3 is 0 Å². The van der Waals surface area contributed by atoms with Crippen molar-refractivity contribution in [2.24, 2.45) is 0 Å². The minimum absolute atomic E-state index is 0.00608. The number of halogens is 5. The van der Waals surface area contributed by atoms with Gasteiger partial charge in [-0.2, -0.15) is 8.78 Å². The summed E-state index contributed by atoms with van der Waals surface area (Å²) in [7, 11) is 1.47. The highest BCUT2D eigenvalue weighted by molar-refractivity contribution is 5.99. The van der Waals surface area contributed by atoms with Crippen LogP contribution in [0.4, 0.5) is 22.0 Å². The third kappa shape index (κ3) is 3.99. The zero-order valence-electron chi connectivity index (χ0n) is 18.5. The van der Waals surface area contributed by atoms with E-state index in [0.717, 1.165) is 18.2 Å². The van der Waals surface area contributed by atoms with Crippen molar-refractivity contribution < 1.29 is 31.5 Å². The molecule has 1 atom stereocenters. The molecule has 2 aromatic carbocycles. The number of pyridine rings is 1. The number of carbonyl (C=O) groups is 1. The highest BCUT2D eigenvalue weighted by Gasteiger charge is 2.32.